The second-order valence-electron chi connectivity index (χ2n) is 10.8. The Morgan fingerprint density at radius 3 is 2.65 bits per heavy atom. The molecule has 4 aromatic rings. The maximum absolute atomic E-state index is 13.3. The van der Waals surface area contributed by atoms with Gasteiger partial charge in [-0.25, -0.2) is 4.98 Å². The van der Waals surface area contributed by atoms with E-state index in [4.69, 9.17) is 9.15 Å². The van der Waals surface area contributed by atoms with E-state index in [0.717, 1.165) is 36.0 Å². The van der Waals surface area contributed by atoms with Gasteiger partial charge in [0.15, 0.2) is 12.3 Å². The molecule has 1 atom stereocenters. The lowest BCUT2D eigenvalue weighted by Crippen LogP contribution is -2.41. The van der Waals surface area contributed by atoms with Crippen molar-refractivity contribution < 1.29 is 18.7 Å². The fourth-order valence-corrected chi connectivity index (χ4v) is 5.43. The number of ether oxygens (including phenoxy) is 1. The SMILES string of the molecule is Cc1cccc([C@H]2c3cc(OCc4nc(C(=O)N(C)Cc5ccccc5)co4)ccc3CCN2C(=O)C2CC2)c1. The van der Waals surface area contributed by atoms with Gasteiger partial charge in [-0.1, -0.05) is 66.2 Å². The Balaban J connectivity index is 1.18. The van der Waals surface area contributed by atoms with Crippen LogP contribution in [-0.2, 0) is 24.4 Å². The standard InChI is InChI=1S/C33H33N3O4/c1-22-7-6-10-26(17-22)31-28-18-27(14-13-24(28)15-16-36(31)32(37)25-11-12-25)39-21-30-34-29(20-40-30)33(38)35(2)19-23-8-4-3-5-9-23/h3-10,13-14,17-18,20,25,31H,11-12,15-16,19,21H2,1-2H3/t31-/m0/s1. The van der Waals surface area contributed by atoms with Gasteiger partial charge in [0.2, 0.25) is 11.8 Å². The zero-order valence-corrected chi connectivity index (χ0v) is 22.9. The van der Waals surface area contributed by atoms with E-state index in [1.165, 1.54) is 17.4 Å². The number of carbonyl (C=O) groups excluding carboxylic acids is 2. The van der Waals surface area contributed by atoms with E-state index in [9.17, 15) is 9.59 Å². The number of aromatic nitrogens is 1. The van der Waals surface area contributed by atoms with Crippen molar-refractivity contribution in [1.29, 1.82) is 0 Å². The van der Waals surface area contributed by atoms with E-state index < -0.39 is 0 Å². The summed E-state index contributed by atoms with van der Waals surface area (Å²) in [6.07, 6.45) is 4.16. The average molecular weight is 536 g/mol. The molecule has 7 heteroatoms. The Kier molecular flexibility index (Phi) is 7.11. The lowest BCUT2D eigenvalue weighted by Gasteiger charge is -2.38. The van der Waals surface area contributed by atoms with Gasteiger partial charge in [0.25, 0.3) is 5.91 Å². The number of rotatable bonds is 8. The van der Waals surface area contributed by atoms with Crippen molar-refractivity contribution in [2.45, 2.75) is 45.4 Å². The number of fused-ring (bicyclic) bond motifs is 1. The van der Waals surface area contributed by atoms with Crippen LogP contribution in [0.2, 0.25) is 0 Å². The first-order valence-corrected chi connectivity index (χ1v) is 13.8. The second kappa shape index (κ2) is 11.0. The van der Waals surface area contributed by atoms with Crippen LogP contribution in [0.1, 0.15) is 63.1 Å². The Morgan fingerprint density at radius 2 is 1.88 bits per heavy atom. The van der Waals surface area contributed by atoms with Crippen LogP contribution in [-0.4, -0.2) is 40.2 Å². The minimum Gasteiger partial charge on any atom is -0.484 e. The van der Waals surface area contributed by atoms with E-state index in [2.05, 4.69) is 47.1 Å². The first-order valence-electron chi connectivity index (χ1n) is 13.8. The predicted molar refractivity (Wildman–Crippen MR) is 151 cm³/mol. The molecule has 1 saturated carbocycles. The van der Waals surface area contributed by atoms with Crippen molar-refractivity contribution in [2.24, 2.45) is 5.92 Å². The van der Waals surface area contributed by atoms with Gasteiger partial charge in [0, 0.05) is 26.1 Å². The zero-order valence-electron chi connectivity index (χ0n) is 22.9. The third kappa shape index (κ3) is 5.50. The van der Waals surface area contributed by atoms with Gasteiger partial charge in [-0.05, 0) is 60.6 Å². The number of carbonyl (C=O) groups is 2. The van der Waals surface area contributed by atoms with Crippen molar-refractivity contribution >= 4 is 11.8 Å². The highest BCUT2D eigenvalue weighted by Gasteiger charge is 2.39. The van der Waals surface area contributed by atoms with Crippen LogP contribution in [0.4, 0.5) is 0 Å². The summed E-state index contributed by atoms with van der Waals surface area (Å²) in [5.41, 5.74) is 5.88. The Labute approximate surface area is 234 Å². The summed E-state index contributed by atoms with van der Waals surface area (Å²) in [7, 11) is 1.75. The molecule has 0 spiro atoms. The van der Waals surface area contributed by atoms with Gasteiger partial charge in [-0.3, -0.25) is 9.59 Å². The second-order valence-corrected chi connectivity index (χ2v) is 10.8. The smallest absolute Gasteiger partial charge is 0.275 e. The molecule has 1 aliphatic heterocycles. The van der Waals surface area contributed by atoms with Crippen LogP contribution in [0.3, 0.4) is 0 Å². The molecule has 1 aromatic heterocycles. The molecule has 0 radical (unpaired) electrons. The maximum Gasteiger partial charge on any atom is 0.275 e. The van der Waals surface area contributed by atoms with Crippen molar-refractivity contribution in [3.8, 4) is 5.75 Å². The molecular weight excluding hydrogens is 502 g/mol. The molecule has 1 fully saturated rings. The molecule has 2 aliphatic rings. The molecule has 2 amide bonds. The van der Waals surface area contributed by atoms with Crippen molar-refractivity contribution in [3.63, 3.8) is 0 Å². The van der Waals surface area contributed by atoms with Gasteiger partial charge in [0.05, 0.1) is 6.04 Å². The number of amides is 2. The van der Waals surface area contributed by atoms with Crippen LogP contribution in [0, 0.1) is 12.8 Å². The fourth-order valence-electron chi connectivity index (χ4n) is 5.43. The minimum atomic E-state index is -0.214. The fraction of sp³-hybridized carbons (Fsp3) is 0.303. The number of aryl methyl sites for hydroxylation is 1. The summed E-state index contributed by atoms with van der Waals surface area (Å²) in [4.78, 5) is 34.2. The van der Waals surface area contributed by atoms with Crippen LogP contribution in [0.5, 0.6) is 5.75 Å². The van der Waals surface area contributed by atoms with Crippen LogP contribution in [0.25, 0.3) is 0 Å². The first-order chi connectivity index (χ1) is 19.5. The first kappa shape index (κ1) is 25.9. The lowest BCUT2D eigenvalue weighted by molar-refractivity contribution is -0.134. The largest absolute Gasteiger partial charge is 0.484 e. The number of hydrogen-bond donors (Lipinski definition) is 0. The van der Waals surface area contributed by atoms with E-state index in [1.807, 2.05) is 42.5 Å². The molecule has 3 aromatic carbocycles. The molecule has 0 bridgehead atoms. The molecule has 0 N–H and O–H groups in total. The zero-order chi connectivity index (χ0) is 27.6. The summed E-state index contributed by atoms with van der Waals surface area (Å²) >= 11 is 0. The molecule has 204 valence electrons. The topological polar surface area (TPSA) is 75.9 Å². The molecule has 1 aliphatic carbocycles. The summed E-state index contributed by atoms with van der Waals surface area (Å²) in [6.45, 7) is 3.37. The Hall–Kier alpha value is -4.39. The molecule has 6 rings (SSSR count). The van der Waals surface area contributed by atoms with E-state index >= 15 is 0 Å². The summed E-state index contributed by atoms with van der Waals surface area (Å²) in [6, 6.07) is 24.2. The third-order valence-electron chi connectivity index (χ3n) is 7.66. The van der Waals surface area contributed by atoms with Crippen molar-refractivity contribution in [3.05, 3.63) is 118 Å². The molecular formula is C33H33N3O4. The summed E-state index contributed by atoms with van der Waals surface area (Å²) in [5, 5.41) is 0. The number of benzene rings is 3. The molecule has 0 saturated heterocycles. The molecule has 40 heavy (non-hydrogen) atoms. The Bertz CT molecular complexity index is 1530. The minimum absolute atomic E-state index is 0.0916. The number of oxazole rings is 1. The number of nitrogens with zero attached hydrogens (tertiary/aromatic N) is 3. The predicted octanol–water partition coefficient (Wildman–Crippen LogP) is 5.72. The monoisotopic (exact) mass is 535 g/mol. The molecule has 2 heterocycles. The summed E-state index contributed by atoms with van der Waals surface area (Å²) < 4.78 is 11.7. The van der Waals surface area contributed by atoms with Crippen molar-refractivity contribution in [2.75, 3.05) is 13.6 Å². The highest BCUT2D eigenvalue weighted by atomic mass is 16.5. The molecule has 7 nitrogen and oxygen atoms in total. The van der Waals surface area contributed by atoms with E-state index in [0.29, 0.717) is 24.7 Å². The molecule has 0 unspecified atom stereocenters. The van der Waals surface area contributed by atoms with Gasteiger partial charge < -0.3 is 19.0 Å². The van der Waals surface area contributed by atoms with Crippen molar-refractivity contribution in [1.82, 2.24) is 14.8 Å². The van der Waals surface area contributed by atoms with Gasteiger partial charge in [0.1, 0.15) is 12.0 Å². The van der Waals surface area contributed by atoms with E-state index in [-0.39, 0.29) is 36.1 Å². The normalized spacial score (nSPS) is 16.4. The Morgan fingerprint density at radius 1 is 1.05 bits per heavy atom. The van der Waals surface area contributed by atoms with Gasteiger partial charge in [-0.15, -0.1) is 0 Å². The summed E-state index contributed by atoms with van der Waals surface area (Å²) in [5.74, 6) is 1.19. The lowest BCUT2D eigenvalue weighted by atomic mass is 9.87. The number of hydrogen-bond acceptors (Lipinski definition) is 5. The third-order valence-corrected chi connectivity index (χ3v) is 7.66. The average Bonchev–Trinajstić information content (AvgIpc) is 3.72. The van der Waals surface area contributed by atoms with Gasteiger partial charge in [-0.2, -0.15) is 0 Å². The van der Waals surface area contributed by atoms with Crippen LogP contribution < -0.4 is 4.74 Å². The highest BCUT2D eigenvalue weighted by molar-refractivity contribution is 5.91. The van der Waals surface area contributed by atoms with Gasteiger partial charge >= 0.3 is 0 Å². The van der Waals surface area contributed by atoms with E-state index in [1.54, 1.807) is 11.9 Å². The maximum atomic E-state index is 13.3. The van der Waals surface area contributed by atoms with Crippen LogP contribution >= 0.6 is 0 Å². The quantitative estimate of drug-likeness (QED) is 0.289. The highest BCUT2D eigenvalue weighted by Crippen LogP contribution is 2.41. The van der Waals surface area contributed by atoms with Crippen LogP contribution in [0.15, 0.2) is 83.5 Å².